The lowest BCUT2D eigenvalue weighted by Gasteiger charge is -2.01. The third kappa shape index (κ3) is 1.71. The van der Waals surface area contributed by atoms with Crippen LogP contribution in [0, 0.1) is 6.92 Å². The highest BCUT2D eigenvalue weighted by Crippen LogP contribution is 2.32. The molecule has 1 aliphatic rings. The van der Waals surface area contributed by atoms with Crippen LogP contribution in [0.15, 0.2) is 9.85 Å². The Labute approximate surface area is 88.2 Å². The van der Waals surface area contributed by atoms with E-state index in [1.807, 2.05) is 6.92 Å². The summed E-state index contributed by atoms with van der Waals surface area (Å²) in [6, 6.07) is 2.09. The Bertz CT molecular complexity index is 330. The van der Waals surface area contributed by atoms with Crippen LogP contribution in [0.1, 0.15) is 16.5 Å². The molecule has 2 heterocycles. The summed E-state index contributed by atoms with van der Waals surface area (Å²) in [5.74, 6) is 0. The second-order valence-electron chi connectivity index (χ2n) is 2.90. The SMILES string of the molecule is Cc1cc([C@H]2COC(=O)N2)sc1Br. The molecule has 2 rings (SSSR count). The van der Waals surface area contributed by atoms with Gasteiger partial charge in [-0.25, -0.2) is 4.79 Å². The number of carbonyl (C=O) groups is 1. The molecule has 1 N–H and O–H groups in total. The smallest absolute Gasteiger partial charge is 0.407 e. The van der Waals surface area contributed by atoms with Gasteiger partial charge in [0.1, 0.15) is 12.6 Å². The van der Waals surface area contributed by atoms with E-state index in [9.17, 15) is 4.79 Å². The molecule has 1 aromatic heterocycles. The van der Waals surface area contributed by atoms with E-state index in [-0.39, 0.29) is 12.1 Å². The van der Waals surface area contributed by atoms with E-state index in [4.69, 9.17) is 4.74 Å². The molecule has 0 bridgehead atoms. The van der Waals surface area contributed by atoms with E-state index in [1.165, 1.54) is 5.56 Å². The van der Waals surface area contributed by atoms with Crippen molar-refractivity contribution in [3.05, 3.63) is 20.3 Å². The molecular weight excluding hydrogens is 254 g/mol. The zero-order valence-corrected chi connectivity index (χ0v) is 9.37. The first-order valence-electron chi connectivity index (χ1n) is 3.86. The Morgan fingerprint density at radius 2 is 2.54 bits per heavy atom. The first-order chi connectivity index (χ1) is 6.16. The first kappa shape index (κ1) is 9.02. The van der Waals surface area contributed by atoms with Gasteiger partial charge in [-0.1, -0.05) is 0 Å². The molecule has 0 aromatic carbocycles. The maximum Gasteiger partial charge on any atom is 0.407 e. The van der Waals surface area contributed by atoms with E-state index >= 15 is 0 Å². The summed E-state index contributed by atoms with van der Waals surface area (Å²) in [5.41, 5.74) is 1.20. The zero-order valence-electron chi connectivity index (χ0n) is 6.96. The van der Waals surface area contributed by atoms with Crippen molar-refractivity contribution in [1.29, 1.82) is 0 Å². The van der Waals surface area contributed by atoms with Crippen molar-refractivity contribution in [3.8, 4) is 0 Å². The second-order valence-corrected chi connectivity index (χ2v) is 5.30. The lowest BCUT2D eigenvalue weighted by Crippen LogP contribution is -2.17. The van der Waals surface area contributed by atoms with Gasteiger partial charge in [0.05, 0.1) is 3.79 Å². The van der Waals surface area contributed by atoms with Gasteiger partial charge in [-0.3, -0.25) is 0 Å². The maximum absolute atomic E-state index is 10.8. The summed E-state index contributed by atoms with van der Waals surface area (Å²) in [6.45, 7) is 2.47. The minimum Gasteiger partial charge on any atom is -0.447 e. The number of hydrogen-bond acceptors (Lipinski definition) is 3. The number of hydrogen-bond donors (Lipinski definition) is 1. The molecule has 70 valence electrons. The fraction of sp³-hybridized carbons (Fsp3) is 0.375. The summed E-state index contributed by atoms with van der Waals surface area (Å²) in [6.07, 6.45) is -0.327. The van der Waals surface area contributed by atoms with Gasteiger partial charge >= 0.3 is 6.09 Å². The number of alkyl carbamates (subject to hydrolysis) is 1. The predicted octanol–water partition coefficient (Wildman–Crippen LogP) is 2.60. The molecule has 1 aromatic rings. The normalized spacial score (nSPS) is 21.4. The molecule has 1 saturated heterocycles. The van der Waals surface area contributed by atoms with E-state index in [0.29, 0.717) is 6.61 Å². The molecule has 1 atom stereocenters. The predicted molar refractivity (Wildman–Crippen MR) is 54.0 cm³/mol. The Morgan fingerprint density at radius 1 is 1.77 bits per heavy atom. The van der Waals surface area contributed by atoms with Crippen LogP contribution >= 0.6 is 27.3 Å². The zero-order chi connectivity index (χ0) is 9.42. The number of rotatable bonds is 1. The van der Waals surface area contributed by atoms with Crippen molar-refractivity contribution in [2.45, 2.75) is 13.0 Å². The van der Waals surface area contributed by atoms with Crippen LogP contribution in [0.25, 0.3) is 0 Å². The van der Waals surface area contributed by atoms with Crippen molar-refractivity contribution in [1.82, 2.24) is 5.32 Å². The Hall–Kier alpha value is -0.550. The quantitative estimate of drug-likeness (QED) is 0.844. The van der Waals surface area contributed by atoms with Gasteiger partial charge in [-0.15, -0.1) is 11.3 Å². The lowest BCUT2D eigenvalue weighted by atomic mass is 10.2. The molecule has 0 radical (unpaired) electrons. The van der Waals surface area contributed by atoms with E-state index < -0.39 is 0 Å². The monoisotopic (exact) mass is 261 g/mol. The van der Waals surface area contributed by atoms with Crippen LogP contribution in [-0.2, 0) is 4.74 Å². The Balaban J connectivity index is 2.21. The van der Waals surface area contributed by atoms with Crippen LogP contribution < -0.4 is 5.32 Å². The van der Waals surface area contributed by atoms with Crippen LogP contribution in [0.2, 0.25) is 0 Å². The molecule has 0 saturated carbocycles. The van der Waals surface area contributed by atoms with Crippen molar-refractivity contribution in [2.75, 3.05) is 6.61 Å². The average molecular weight is 262 g/mol. The first-order valence-corrected chi connectivity index (χ1v) is 5.47. The molecule has 0 aliphatic carbocycles. The Kier molecular flexibility index (Phi) is 2.29. The van der Waals surface area contributed by atoms with Crippen LogP contribution in [-0.4, -0.2) is 12.7 Å². The molecule has 1 amide bonds. The minimum atomic E-state index is -0.327. The number of ether oxygens (including phenoxy) is 1. The van der Waals surface area contributed by atoms with Gasteiger partial charge in [-0.2, -0.15) is 0 Å². The van der Waals surface area contributed by atoms with Crippen molar-refractivity contribution in [3.63, 3.8) is 0 Å². The maximum atomic E-state index is 10.8. The van der Waals surface area contributed by atoms with E-state index in [2.05, 4.69) is 27.3 Å². The summed E-state index contributed by atoms with van der Waals surface area (Å²) in [4.78, 5) is 11.9. The number of thiophene rings is 1. The molecule has 13 heavy (non-hydrogen) atoms. The molecular formula is C8H8BrNO2S. The lowest BCUT2D eigenvalue weighted by molar-refractivity contribution is 0.177. The topological polar surface area (TPSA) is 38.3 Å². The fourth-order valence-corrected chi connectivity index (χ4v) is 2.80. The van der Waals surface area contributed by atoms with Gasteiger partial charge in [0, 0.05) is 4.88 Å². The van der Waals surface area contributed by atoms with Gasteiger partial charge < -0.3 is 10.1 Å². The highest BCUT2D eigenvalue weighted by atomic mass is 79.9. The molecule has 1 fully saturated rings. The molecule has 3 nitrogen and oxygen atoms in total. The highest BCUT2D eigenvalue weighted by Gasteiger charge is 2.25. The van der Waals surface area contributed by atoms with E-state index in [0.717, 1.165) is 8.66 Å². The van der Waals surface area contributed by atoms with Crippen molar-refractivity contribution >= 4 is 33.4 Å². The average Bonchev–Trinajstić information content (AvgIpc) is 2.61. The van der Waals surface area contributed by atoms with Crippen LogP contribution in [0.5, 0.6) is 0 Å². The van der Waals surface area contributed by atoms with Crippen LogP contribution in [0.3, 0.4) is 0 Å². The number of amides is 1. The standard InChI is InChI=1S/C8H8BrNO2S/c1-4-2-6(13-7(4)9)5-3-12-8(11)10-5/h2,5H,3H2,1H3,(H,10,11)/t5-/m1/s1. The fourth-order valence-electron chi connectivity index (χ4n) is 1.19. The molecule has 1 aliphatic heterocycles. The summed E-state index contributed by atoms with van der Waals surface area (Å²) >= 11 is 5.08. The van der Waals surface area contributed by atoms with Gasteiger partial charge in [0.25, 0.3) is 0 Å². The molecule has 0 unspecified atom stereocenters. The number of halogens is 1. The number of nitrogens with one attached hydrogen (secondary N) is 1. The second kappa shape index (κ2) is 3.31. The third-order valence-corrected chi connectivity index (χ3v) is 4.14. The molecule has 0 spiro atoms. The minimum absolute atomic E-state index is 0.0301. The van der Waals surface area contributed by atoms with Gasteiger partial charge in [0.15, 0.2) is 0 Å². The van der Waals surface area contributed by atoms with Crippen LogP contribution in [0.4, 0.5) is 4.79 Å². The largest absolute Gasteiger partial charge is 0.447 e. The van der Waals surface area contributed by atoms with Gasteiger partial charge in [-0.05, 0) is 34.5 Å². The number of carbonyl (C=O) groups excluding carboxylic acids is 1. The summed E-state index contributed by atoms with van der Waals surface area (Å²) in [7, 11) is 0. The summed E-state index contributed by atoms with van der Waals surface area (Å²) < 4.78 is 5.92. The number of cyclic esters (lactones) is 1. The third-order valence-electron chi connectivity index (χ3n) is 1.89. The molecule has 5 heteroatoms. The van der Waals surface area contributed by atoms with E-state index in [1.54, 1.807) is 11.3 Å². The highest BCUT2D eigenvalue weighted by molar-refractivity contribution is 9.11. The van der Waals surface area contributed by atoms with Gasteiger partial charge in [0.2, 0.25) is 0 Å². The van der Waals surface area contributed by atoms with Crippen molar-refractivity contribution < 1.29 is 9.53 Å². The Morgan fingerprint density at radius 3 is 3.00 bits per heavy atom. The number of aryl methyl sites for hydroxylation is 1. The van der Waals surface area contributed by atoms with Crippen molar-refractivity contribution in [2.24, 2.45) is 0 Å². The summed E-state index contributed by atoms with van der Waals surface area (Å²) in [5, 5.41) is 2.74.